The van der Waals surface area contributed by atoms with Crippen molar-refractivity contribution in [1.29, 1.82) is 0 Å². The van der Waals surface area contributed by atoms with E-state index in [1.54, 1.807) is 18.2 Å². The Morgan fingerprint density at radius 1 is 1.19 bits per heavy atom. The molecule has 6 nitrogen and oxygen atoms in total. The number of amides is 1. The van der Waals surface area contributed by atoms with Gasteiger partial charge in [-0.25, -0.2) is 9.18 Å². The van der Waals surface area contributed by atoms with Crippen LogP contribution in [0.15, 0.2) is 51.7 Å². The molecule has 0 radical (unpaired) electrons. The van der Waals surface area contributed by atoms with E-state index < -0.39 is 29.7 Å². The summed E-state index contributed by atoms with van der Waals surface area (Å²) in [6.45, 7) is 1.14. The lowest BCUT2D eigenvalue weighted by molar-refractivity contribution is -0.119. The Morgan fingerprint density at radius 3 is 2.70 bits per heavy atom. The Balaban J connectivity index is 1.68. The molecule has 2 aromatic carbocycles. The predicted molar refractivity (Wildman–Crippen MR) is 97.5 cm³/mol. The van der Waals surface area contributed by atoms with Gasteiger partial charge in [-0.05, 0) is 37.3 Å². The van der Waals surface area contributed by atoms with Crippen LogP contribution in [0.5, 0.6) is 0 Å². The van der Waals surface area contributed by atoms with E-state index in [9.17, 15) is 18.8 Å². The molecule has 138 valence electrons. The Morgan fingerprint density at radius 2 is 1.96 bits per heavy atom. The number of fused-ring (bicyclic) bond motifs is 1. The van der Waals surface area contributed by atoms with Gasteiger partial charge in [0.15, 0.2) is 12.0 Å². The molecule has 0 bridgehead atoms. The van der Waals surface area contributed by atoms with Crippen molar-refractivity contribution >= 4 is 40.1 Å². The Bertz CT molecular complexity index is 1110. The van der Waals surface area contributed by atoms with Crippen molar-refractivity contribution in [3.63, 3.8) is 0 Å². The first-order valence-corrected chi connectivity index (χ1v) is 8.18. The highest BCUT2D eigenvalue weighted by Crippen LogP contribution is 2.19. The number of esters is 1. The van der Waals surface area contributed by atoms with Crippen molar-refractivity contribution in [2.45, 2.75) is 6.92 Å². The Hall–Kier alpha value is -3.19. The molecule has 1 aromatic heterocycles. The van der Waals surface area contributed by atoms with Crippen LogP contribution in [0.1, 0.15) is 16.1 Å². The summed E-state index contributed by atoms with van der Waals surface area (Å²) < 4.78 is 23.8. The van der Waals surface area contributed by atoms with Gasteiger partial charge in [0.1, 0.15) is 11.4 Å². The normalized spacial score (nSPS) is 10.6. The standard InChI is InChI=1S/C19H13ClFNO5/c1-10-2-5-16-12(6-10)15(23)8-17(27-16)19(25)26-9-18(24)22-14-4-3-11(20)7-13(14)21/h2-8H,9H2,1H3,(H,22,24). The first-order valence-electron chi connectivity index (χ1n) is 7.80. The summed E-state index contributed by atoms with van der Waals surface area (Å²) in [4.78, 5) is 36.0. The average Bonchev–Trinajstić information content (AvgIpc) is 2.62. The Kier molecular flexibility index (Phi) is 5.23. The molecule has 3 rings (SSSR count). The van der Waals surface area contributed by atoms with E-state index in [1.165, 1.54) is 12.1 Å². The van der Waals surface area contributed by atoms with Crippen molar-refractivity contribution in [3.8, 4) is 0 Å². The fraction of sp³-hybridized carbons (Fsp3) is 0.105. The first-order chi connectivity index (χ1) is 12.8. The number of hydrogen-bond acceptors (Lipinski definition) is 5. The molecule has 0 saturated carbocycles. The highest BCUT2D eigenvalue weighted by atomic mass is 35.5. The third kappa shape index (κ3) is 4.32. The number of carbonyl (C=O) groups excluding carboxylic acids is 2. The molecule has 1 N–H and O–H groups in total. The highest BCUT2D eigenvalue weighted by Gasteiger charge is 2.16. The zero-order chi connectivity index (χ0) is 19.6. The van der Waals surface area contributed by atoms with Crippen LogP contribution in [0.3, 0.4) is 0 Å². The van der Waals surface area contributed by atoms with Gasteiger partial charge in [-0.1, -0.05) is 23.2 Å². The maximum atomic E-state index is 13.6. The lowest BCUT2D eigenvalue weighted by atomic mass is 10.1. The molecular formula is C19H13ClFNO5. The van der Waals surface area contributed by atoms with Gasteiger partial charge in [0.25, 0.3) is 5.91 Å². The van der Waals surface area contributed by atoms with E-state index in [0.717, 1.165) is 17.7 Å². The minimum atomic E-state index is -0.985. The third-order valence-corrected chi connectivity index (χ3v) is 3.86. The Labute approximate surface area is 157 Å². The number of aryl methyl sites for hydroxylation is 1. The van der Waals surface area contributed by atoms with Gasteiger partial charge < -0.3 is 14.5 Å². The zero-order valence-corrected chi connectivity index (χ0v) is 14.8. The number of carbonyl (C=O) groups is 2. The number of benzene rings is 2. The number of hydrogen-bond donors (Lipinski definition) is 1. The van der Waals surface area contributed by atoms with E-state index >= 15 is 0 Å². The summed E-state index contributed by atoms with van der Waals surface area (Å²) in [6, 6.07) is 9.66. The van der Waals surface area contributed by atoms with Gasteiger partial charge in [-0.2, -0.15) is 0 Å². The molecule has 0 spiro atoms. The topological polar surface area (TPSA) is 85.6 Å². The van der Waals surface area contributed by atoms with Crippen molar-refractivity contribution in [3.05, 3.63) is 74.9 Å². The van der Waals surface area contributed by atoms with Crippen molar-refractivity contribution < 1.29 is 23.1 Å². The van der Waals surface area contributed by atoms with Crippen molar-refractivity contribution in [1.82, 2.24) is 0 Å². The van der Waals surface area contributed by atoms with Gasteiger partial charge >= 0.3 is 5.97 Å². The minimum Gasteiger partial charge on any atom is -0.450 e. The third-order valence-electron chi connectivity index (χ3n) is 3.62. The maximum Gasteiger partial charge on any atom is 0.374 e. The second kappa shape index (κ2) is 7.59. The summed E-state index contributed by atoms with van der Waals surface area (Å²) in [7, 11) is 0. The monoisotopic (exact) mass is 389 g/mol. The fourth-order valence-electron chi connectivity index (χ4n) is 2.35. The van der Waals surface area contributed by atoms with Gasteiger partial charge in [0.2, 0.25) is 5.76 Å². The smallest absolute Gasteiger partial charge is 0.374 e. The molecular weight excluding hydrogens is 377 g/mol. The molecule has 0 atom stereocenters. The molecule has 0 aliphatic carbocycles. The second-order valence-electron chi connectivity index (χ2n) is 5.72. The molecule has 1 heterocycles. The maximum absolute atomic E-state index is 13.6. The summed E-state index contributed by atoms with van der Waals surface area (Å²) in [6.07, 6.45) is 0. The van der Waals surface area contributed by atoms with Crippen LogP contribution in [-0.4, -0.2) is 18.5 Å². The number of anilines is 1. The summed E-state index contributed by atoms with van der Waals surface area (Å²) in [5, 5.41) is 2.76. The van der Waals surface area contributed by atoms with Crippen LogP contribution in [-0.2, 0) is 9.53 Å². The molecule has 8 heteroatoms. The number of ether oxygens (including phenoxy) is 1. The average molecular weight is 390 g/mol. The fourth-order valence-corrected chi connectivity index (χ4v) is 2.51. The second-order valence-corrected chi connectivity index (χ2v) is 6.16. The van der Waals surface area contributed by atoms with Crippen LogP contribution >= 0.6 is 11.6 Å². The van der Waals surface area contributed by atoms with Crippen molar-refractivity contribution in [2.24, 2.45) is 0 Å². The van der Waals surface area contributed by atoms with Gasteiger partial charge in [0.05, 0.1) is 11.1 Å². The molecule has 1 amide bonds. The highest BCUT2D eigenvalue weighted by molar-refractivity contribution is 6.30. The molecule has 3 aromatic rings. The zero-order valence-electron chi connectivity index (χ0n) is 14.0. The molecule has 0 aliphatic heterocycles. The van der Waals surface area contributed by atoms with Crippen molar-refractivity contribution in [2.75, 3.05) is 11.9 Å². The SMILES string of the molecule is Cc1ccc2oc(C(=O)OCC(=O)Nc3ccc(Cl)cc3F)cc(=O)c2c1. The lowest BCUT2D eigenvalue weighted by Crippen LogP contribution is -2.22. The minimum absolute atomic E-state index is 0.104. The van der Waals surface area contributed by atoms with E-state index in [0.29, 0.717) is 5.39 Å². The van der Waals surface area contributed by atoms with Gasteiger partial charge in [-0.3, -0.25) is 9.59 Å². The lowest BCUT2D eigenvalue weighted by Gasteiger charge is -2.08. The van der Waals surface area contributed by atoms with Crippen LogP contribution < -0.4 is 10.7 Å². The predicted octanol–water partition coefficient (Wildman–Crippen LogP) is 3.69. The first kappa shape index (κ1) is 18.6. The van der Waals surface area contributed by atoms with E-state index in [1.807, 2.05) is 6.92 Å². The number of rotatable bonds is 4. The molecule has 0 saturated heterocycles. The van der Waals surface area contributed by atoms with E-state index in [4.69, 9.17) is 20.8 Å². The molecule has 0 unspecified atom stereocenters. The van der Waals surface area contributed by atoms with Gasteiger partial charge in [0, 0.05) is 11.1 Å². The quantitative estimate of drug-likeness (QED) is 0.688. The van der Waals surface area contributed by atoms with Crippen LogP contribution in [0.2, 0.25) is 5.02 Å². The summed E-state index contributed by atoms with van der Waals surface area (Å²) >= 11 is 5.63. The van der Waals surface area contributed by atoms with Crippen LogP contribution in [0, 0.1) is 12.7 Å². The number of nitrogens with one attached hydrogen (secondary N) is 1. The summed E-state index contributed by atoms with van der Waals surface area (Å²) in [5.74, 6) is -2.80. The van der Waals surface area contributed by atoms with E-state index in [-0.39, 0.29) is 22.1 Å². The van der Waals surface area contributed by atoms with E-state index in [2.05, 4.69) is 5.32 Å². The largest absolute Gasteiger partial charge is 0.450 e. The van der Waals surface area contributed by atoms with Crippen LogP contribution in [0.25, 0.3) is 11.0 Å². The number of halogens is 2. The van der Waals surface area contributed by atoms with Gasteiger partial charge in [-0.15, -0.1) is 0 Å². The van der Waals surface area contributed by atoms with Crippen LogP contribution in [0.4, 0.5) is 10.1 Å². The molecule has 0 fully saturated rings. The molecule has 27 heavy (non-hydrogen) atoms. The molecule has 0 aliphatic rings. The summed E-state index contributed by atoms with van der Waals surface area (Å²) in [5.41, 5.74) is 0.594.